The maximum absolute atomic E-state index is 13.0. The Kier molecular flexibility index (Phi) is 10.2. The van der Waals surface area contributed by atoms with E-state index in [1.807, 2.05) is 30.3 Å². The molecule has 2 heterocycles. The highest BCUT2D eigenvalue weighted by atomic mass is 127. The molecule has 2 unspecified atom stereocenters. The van der Waals surface area contributed by atoms with Crippen LogP contribution in [0.1, 0.15) is 47.2 Å². The molecule has 2 aliphatic rings. The van der Waals surface area contributed by atoms with Crippen LogP contribution in [0.3, 0.4) is 0 Å². The molecule has 40 heavy (non-hydrogen) atoms. The summed E-state index contributed by atoms with van der Waals surface area (Å²) in [5.41, 5.74) is 3.18. The minimum absolute atomic E-state index is 0.0749. The zero-order valence-corrected chi connectivity index (χ0v) is 25.8. The number of rotatable bonds is 9. The number of carbonyl (C=O) groups is 1. The third-order valence-corrected chi connectivity index (χ3v) is 9.39. The molecule has 6 nitrogen and oxygen atoms in total. The summed E-state index contributed by atoms with van der Waals surface area (Å²) in [6.45, 7) is 4.76. The molecular weight excluding hydrogens is 637 g/mol. The van der Waals surface area contributed by atoms with Gasteiger partial charge in [0.15, 0.2) is 0 Å². The standard InChI is InChI=1S/C32H37ClIN3O3/c1-39-27-10-7-24(8-11-27)22-37-18-15-28(20-31(37)34)40-30-12-9-25(19-29(30)33)32(38)35-26-13-16-36(17-14-26)21-23-5-3-2-4-6-23/h2-12,19,26,28,31H,13-18,20-22H2,1H3,(H,35,38). The number of amides is 1. The molecule has 2 fully saturated rings. The fourth-order valence-electron chi connectivity index (χ4n) is 5.45. The van der Waals surface area contributed by atoms with Gasteiger partial charge in [-0.15, -0.1) is 0 Å². The van der Waals surface area contributed by atoms with Crippen LogP contribution < -0.4 is 14.8 Å². The van der Waals surface area contributed by atoms with Crippen LogP contribution in [0.5, 0.6) is 11.5 Å². The topological polar surface area (TPSA) is 54.0 Å². The van der Waals surface area contributed by atoms with Gasteiger partial charge in [0, 0.05) is 50.7 Å². The second-order valence-electron chi connectivity index (χ2n) is 10.7. The van der Waals surface area contributed by atoms with E-state index >= 15 is 0 Å². The van der Waals surface area contributed by atoms with E-state index in [4.69, 9.17) is 21.1 Å². The van der Waals surface area contributed by atoms with Crippen LogP contribution in [0.4, 0.5) is 0 Å². The second-order valence-corrected chi connectivity index (χ2v) is 12.5. The number of nitrogens with zero attached hydrogens (tertiary/aromatic N) is 2. The molecule has 0 radical (unpaired) electrons. The molecule has 5 rings (SSSR count). The van der Waals surface area contributed by atoms with Gasteiger partial charge in [0.25, 0.3) is 5.91 Å². The van der Waals surface area contributed by atoms with Gasteiger partial charge in [-0.05, 0) is 60.7 Å². The number of alkyl halides is 1. The van der Waals surface area contributed by atoms with Crippen LogP contribution in [0, 0.1) is 0 Å². The Morgan fingerprint density at radius 1 is 0.950 bits per heavy atom. The van der Waals surface area contributed by atoms with Crippen molar-refractivity contribution in [1.82, 2.24) is 15.1 Å². The molecule has 3 aromatic carbocycles. The smallest absolute Gasteiger partial charge is 0.251 e. The molecule has 0 aliphatic carbocycles. The zero-order valence-electron chi connectivity index (χ0n) is 22.9. The highest BCUT2D eigenvalue weighted by Gasteiger charge is 2.28. The van der Waals surface area contributed by atoms with E-state index in [1.54, 1.807) is 13.2 Å². The van der Waals surface area contributed by atoms with E-state index in [0.29, 0.717) is 20.4 Å². The number of carbonyl (C=O) groups excluding carboxylic acids is 1. The fraction of sp³-hybridized carbons (Fsp3) is 0.406. The third-order valence-electron chi connectivity index (χ3n) is 7.80. The van der Waals surface area contributed by atoms with Gasteiger partial charge < -0.3 is 14.8 Å². The van der Waals surface area contributed by atoms with Crippen LogP contribution in [-0.2, 0) is 13.1 Å². The highest BCUT2D eigenvalue weighted by Crippen LogP contribution is 2.32. The van der Waals surface area contributed by atoms with E-state index in [9.17, 15) is 4.79 Å². The average molecular weight is 674 g/mol. The molecule has 212 valence electrons. The molecule has 1 amide bonds. The van der Waals surface area contributed by atoms with Gasteiger partial charge in [-0.2, -0.15) is 0 Å². The number of hydrogen-bond donors (Lipinski definition) is 1. The number of benzene rings is 3. The monoisotopic (exact) mass is 673 g/mol. The van der Waals surface area contributed by atoms with Crippen molar-refractivity contribution in [3.05, 3.63) is 94.5 Å². The van der Waals surface area contributed by atoms with Crippen molar-refractivity contribution in [1.29, 1.82) is 0 Å². The minimum Gasteiger partial charge on any atom is -0.497 e. The van der Waals surface area contributed by atoms with Crippen LogP contribution in [0.15, 0.2) is 72.8 Å². The summed E-state index contributed by atoms with van der Waals surface area (Å²) in [5, 5.41) is 3.69. The molecule has 0 spiro atoms. The first-order chi connectivity index (χ1) is 19.5. The Morgan fingerprint density at radius 2 is 1.68 bits per heavy atom. The third kappa shape index (κ3) is 7.90. The largest absolute Gasteiger partial charge is 0.497 e. The molecule has 2 saturated heterocycles. The van der Waals surface area contributed by atoms with Crippen LogP contribution >= 0.6 is 34.2 Å². The van der Waals surface area contributed by atoms with E-state index in [0.717, 1.165) is 64.2 Å². The molecule has 0 bridgehead atoms. The highest BCUT2D eigenvalue weighted by molar-refractivity contribution is 14.1. The lowest BCUT2D eigenvalue weighted by molar-refractivity contribution is 0.0896. The van der Waals surface area contributed by atoms with Gasteiger partial charge in [-0.1, -0.05) is 76.7 Å². The number of methoxy groups -OCH3 is 1. The summed E-state index contributed by atoms with van der Waals surface area (Å²) in [6, 6.07) is 24.4. The summed E-state index contributed by atoms with van der Waals surface area (Å²) in [4.78, 5) is 17.9. The number of halogens is 2. The Hall–Kier alpha value is -2.33. The first-order valence-electron chi connectivity index (χ1n) is 14.0. The number of likely N-dealkylation sites (tertiary alicyclic amines) is 2. The maximum Gasteiger partial charge on any atom is 0.251 e. The molecule has 3 aromatic rings. The van der Waals surface area contributed by atoms with Crippen molar-refractivity contribution in [3.8, 4) is 11.5 Å². The number of nitrogens with one attached hydrogen (secondary N) is 1. The summed E-state index contributed by atoms with van der Waals surface area (Å²) >= 11 is 9.10. The van der Waals surface area contributed by atoms with Crippen molar-refractivity contribution in [2.75, 3.05) is 26.7 Å². The molecule has 2 aliphatic heterocycles. The van der Waals surface area contributed by atoms with Crippen molar-refractivity contribution in [2.24, 2.45) is 0 Å². The maximum atomic E-state index is 13.0. The van der Waals surface area contributed by atoms with Gasteiger partial charge in [0.2, 0.25) is 0 Å². The lowest BCUT2D eigenvalue weighted by atomic mass is 10.0. The molecule has 1 N–H and O–H groups in total. The van der Waals surface area contributed by atoms with Gasteiger partial charge in [-0.25, -0.2) is 0 Å². The SMILES string of the molecule is COc1ccc(CN2CCC(Oc3ccc(C(=O)NC4CCN(Cc5ccccc5)CC4)cc3Cl)CC2I)cc1. The van der Waals surface area contributed by atoms with E-state index in [1.165, 1.54) is 11.1 Å². The number of piperidine rings is 2. The molecular formula is C32H37ClIN3O3. The van der Waals surface area contributed by atoms with E-state index in [2.05, 4.69) is 74.1 Å². The van der Waals surface area contributed by atoms with Crippen LogP contribution in [0.2, 0.25) is 5.02 Å². The van der Waals surface area contributed by atoms with Gasteiger partial charge in [0.05, 0.1) is 16.2 Å². The lowest BCUT2D eigenvalue weighted by Gasteiger charge is -2.36. The Labute approximate surface area is 256 Å². The van der Waals surface area contributed by atoms with Crippen molar-refractivity contribution >= 4 is 40.1 Å². The van der Waals surface area contributed by atoms with Gasteiger partial charge in [0.1, 0.15) is 17.6 Å². The summed E-state index contributed by atoms with van der Waals surface area (Å²) < 4.78 is 11.9. The normalized spacial score (nSPS) is 20.7. The second kappa shape index (κ2) is 14.0. The van der Waals surface area contributed by atoms with Crippen LogP contribution in [-0.4, -0.2) is 58.6 Å². The lowest BCUT2D eigenvalue weighted by Crippen LogP contribution is -2.44. The van der Waals surface area contributed by atoms with Crippen LogP contribution in [0.25, 0.3) is 0 Å². The first-order valence-corrected chi connectivity index (χ1v) is 15.6. The van der Waals surface area contributed by atoms with Crippen molar-refractivity contribution in [2.45, 2.75) is 55.0 Å². The van der Waals surface area contributed by atoms with Gasteiger partial charge >= 0.3 is 0 Å². The first kappa shape index (κ1) is 29.2. The summed E-state index contributed by atoms with van der Waals surface area (Å²) in [7, 11) is 1.69. The van der Waals surface area contributed by atoms with E-state index in [-0.39, 0.29) is 18.1 Å². The number of hydrogen-bond acceptors (Lipinski definition) is 5. The quantitative estimate of drug-likeness (QED) is 0.159. The zero-order chi connectivity index (χ0) is 27.9. The Morgan fingerprint density at radius 3 is 2.35 bits per heavy atom. The average Bonchev–Trinajstić information content (AvgIpc) is 2.97. The number of ether oxygens (including phenoxy) is 2. The molecule has 0 saturated carbocycles. The van der Waals surface area contributed by atoms with Gasteiger partial charge in [-0.3, -0.25) is 14.6 Å². The predicted octanol–water partition coefficient (Wildman–Crippen LogP) is 6.55. The van der Waals surface area contributed by atoms with Crippen molar-refractivity contribution in [3.63, 3.8) is 0 Å². The fourth-order valence-corrected chi connectivity index (χ4v) is 6.72. The predicted molar refractivity (Wildman–Crippen MR) is 169 cm³/mol. The Bertz CT molecular complexity index is 1250. The summed E-state index contributed by atoms with van der Waals surface area (Å²) in [6.07, 6.45) is 3.83. The molecule has 2 atom stereocenters. The van der Waals surface area contributed by atoms with E-state index < -0.39 is 0 Å². The van der Waals surface area contributed by atoms with Crippen molar-refractivity contribution < 1.29 is 14.3 Å². The molecule has 8 heteroatoms. The summed E-state index contributed by atoms with van der Waals surface area (Å²) in [5.74, 6) is 1.45. The minimum atomic E-state index is -0.0749. The Balaban J connectivity index is 1.07. The molecule has 0 aromatic heterocycles.